The van der Waals surface area contributed by atoms with E-state index in [4.69, 9.17) is 0 Å². The minimum absolute atomic E-state index is 0.917. The molecular formula is C3H9PSi-2. The summed E-state index contributed by atoms with van der Waals surface area (Å²) in [6.45, 7) is 6.57. The molecule has 0 aliphatic rings. The third-order valence-electron chi connectivity index (χ3n) is 0. The van der Waals surface area contributed by atoms with Crippen LogP contribution in [-0.4, -0.2) is 7.74 Å². The predicted molar refractivity (Wildman–Crippen MR) is 30.3 cm³/mol. The van der Waals surface area contributed by atoms with Crippen molar-refractivity contribution in [3.05, 3.63) is 0 Å². The summed E-state index contributed by atoms with van der Waals surface area (Å²) in [5.74, 6) is 0. The van der Waals surface area contributed by atoms with Gasteiger partial charge in [0.2, 0.25) is 0 Å². The van der Waals surface area contributed by atoms with Crippen LogP contribution in [0.2, 0.25) is 19.6 Å². The first-order valence-electron chi connectivity index (χ1n) is 1.72. The molecule has 0 amide bonds. The van der Waals surface area contributed by atoms with E-state index in [1.165, 1.54) is 0 Å². The molecule has 0 aliphatic heterocycles. The Hall–Kier alpha value is 0.647. The first-order valence-corrected chi connectivity index (χ1v) is 6.51. The van der Waals surface area contributed by atoms with Crippen LogP contribution in [0.5, 0.6) is 0 Å². The standard InChI is InChI=1S/C3H9PSi/c1-5(2,3)4/h1-3H3/q-2. The zero-order chi connectivity index (χ0) is 4.50. The molecule has 0 atom stereocenters. The van der Waals surface area contributed by atoms with Crippen LogP contribution >= 0.6 is 8.79 Å². The molecule has 0 rings (SSSR count). The van der Waals surface area contributed by atoms with Crippen molar-refractivity contribution in [2.45, 2.75) is 19.6 Å². The first kappa shape index (κ1) is 5.65. The second-order valence-electron chi connectivity index (χ2n) is 2.17. The van der Waals surface area contributed by atoms with E-state index in [0.29, 0.717) is 0 Å². The van der Waals surface area contributed by atoms with Crippen molar-refractivity contribution < 1.29 is 0 Å². The van der Waals surface area contributed by atoms with Crippen molar-refractivity contribution in [1.29, 1.82) is 0 Å². The van der Waals surface area contributed by atoms with Crippen molar-refractivity contribution in [1.82, 2.24) is 0 Å². The average Bonchev–Trinajstić information content (AvgIpc) is 0.722. The van der Waals surface area contributed by atoms with Crippen molar-refractivity contribution in [2.75, 3.05) is 0 Å². The SMILES string of the molecule is C[Si](C)(C)[P-2]. The molecular weight excluding hydrogens is 95.1 g/mol. The first-order chi connectivity index (χ1) is 2.00. The molecule has 0 aliphatic carbocycles. The highest BCUT2D eigenvalue weighted by Gasteiger charge is 1.69. The predicted octanol–water partition coefficient (Wildman–Crippen LogP) is 2.23. The van der Waals surface area contributed by atoms with Crippen molar-refractivity contribution in [3.63, 3.8) is 0 Å². The Morgan fingerprint density at radius 3 is 1.20 bits per heavy atom. The van der Waals surface area contributed by atoms with E-state index in [1.807, 2.05) is 0 Å². The molecule has 0 aromatic heterocycles. The molecule has 0 N–H and O–H groups in total. The van der Waals surface area contributed by atoms with Gasteiger partial charge in [-0.3, -0.25) is 7.74 Å². The summed E-state index contributed by atoms with van der Waals surface area (Å²) in [7, 11) is 3.34. The van der Waals surface area contributed by atoms with E-state index in [2.05, 4.69) is 28.4 Å². The largest absolute Gasteiger partial charge is 1.49 e. The van der Waals surface area contributed by atoms with Gasteiger partial charge in [0.15, 0.2) is 0 Å². The van der Waals surface area contributed by atoms with E-state index in [0.717, 1.165) is 0 Å². The van der Waals surface area contributed by atoms with Crippen molar-refractivity contribution in [2.24, 2.45) is 0 Å². The quantitative estimate of drug-likeness (QED) is 0.326. The fourth-order valence-corrected chi connectivity index (χ4v) is 0. The van der Waals surface area contributed by atoms with Gasteiger partial charge in [-0.05, 0) is 0 Å². The van der Waals surface area contributed by atoms with E-state index < -0.39 is 7.74 Å². The van der Waals surface area contributed by atoms with Crippen LogP contribution in [-0.2, 0) is 0 Å². The lowest BCUT2D eigenvalue weighted by Gasteiger charge is -2.51. The molecule has 0 unspecified atom stereocenters. The molecule has 0 aromatic rings. The highest BCUT2D eigenvalue weighted by molar-refractivity contribution is 7.68. The van der Waals surface area contributed by atoms with Crippen LogP contribution in [0.15, 0.2) is 0 Å². The average molecular weight is 104 g/mol. The number of rotatable bonds is 0. The third-order valence-corrected chi connectivity index (χ3v) is 0. The maximum Gasteiger partial charge on any atom is -0.120 e. The zero-order valence-electron chi connectivity index (χ0n) is 3.95. The Morgan fingerprint density at radius 2 is 1.20 bits per heavy atom. The molecule has 0 radical (unpaired) electrons. The molecule has 0 aromatic carbocycles. The summed E-state index contributed by atoms with van der Waals surface area (Å²) in [5, 5.41) is 0. The molecule has 0 fully saturated rings. The van der Waals surface area contributed by atoms with Gasteiger partial charge in [-0.25, -0.2) is 0 Å². The second-order valence-corrected chi connectivity index (χ2v) is 10.5. The van der Waals surface area contributed by atoms with Gasteiger partial charge in [0.25, 0.3) is 0 Å². The van der Waals surface area contributed by atoms with Crippen molar-refractivity contribution >= 4 is 16.5 Å². The minimum Gasteiger partial charge on any atom is -1.49 e. The van der Waals surface area contributed by atoms with E-state index in [9.17, 15) is 0 Å². The van der Waals surface area contributed by atoms with E-state index in [-0.39, 0.29) is 0 Å². The Balaban J connectivity index is 3.02. The molecule has 32 valence electrons. The van der Waals surface area contributed by atoms with Gasteiger partial charge in [-0.15, -0.1) is 19.6 Å². The van der Waals surface area contributed by atoms with Gasteiger partial charge >= 0.3 is 0 Å². The van der Waals surface area contributed by atoms with Gasteiger partial charge in [-0.2, -0.15) is 0 Å². The molecule has 5 heavy (non-hydrogen) atoms. The summed E-state index contributed by atoms with van der Waals surface area (Å²) in [6, 6.07) is 0. The van der Waals surface area contributed by atoms with Gasteiger partial charge in [0, 0.05) is 0 Å². The monoisotopic (exact) mass is 104 g/mol. The highest BCUT2D eigenvalue weighted by atomic mass is 31.3. The van der Waals surface area contributed by atoms with Gasteiger partial charge in [0.1, 0.15) is 0 Å². The lowest BCUT2D eigenvalue weighted by molar-refractivity contribution is 1.88. The molecule has 2 heteroatoms. The second kappa shape index (κ2) is 1.40. The highest BCUT2D eigenvalue weighted by Crippen LogP contribution is 2.07. The Morgan fingerprint density at radius 1 is 1.20 bits per heavy atom. The minimum atomic E-state index is -0.917. The molecule has 0 saturated heterocycles. The summed E-state index contributed by atoms with van der Waals surface area (Å²) in [6.07, 6.45) is 0. The zero-order valence-corrected chi connectivity index (χ0v) is 5.84. The fourth-order valence-electron chi connectivity index (χ4n) is 0. The lowest BCUT2D eigenvalue weighted by Crippen LogP contribution is -2.05. The Bertz CT molecular complexity index is 22.4. The number of hydrogen-bond donors (Lipinski definition) is 0. The third kappa shape index (κ3) is 77.8. The summed E-state index contributed by atoms with van der Waals surface area (Å²) < 4.78 is 0. The Kier molecular flexibility index (Phi) is 1.58. The normalized spacial score (nSPS) is 12.0. The maximum atomic E-state index is 4.26. The van der Waals surface area contributed by atoms with Gasteiger partial charge < -0.3 is 8.79 Å². The molecule has 0 heterocycles. The van der Waals surface area contributed by atoms with Gasteiger partial charge in [-0.1, -0.05) is 0 Å². The van der Waals surface area contributed by atoms with Crippen LogP contribution in [0.1, 0.15) is 0 Å². The summed E-state index contributed by atoms with van der Waals surface area (Å²) in [4.78, 5) is 0. The topological polar surface area (TPSA) is 0 Å². The summed E-state index contributed by atoms with van der Waals surface area (Å²) in [5.41, 5.74) is 0. The molecule has 0 spiro atoms. The lowest BCUT2D eigenvalue weighted by atomic mass is 11.8. The summed E-state index contributed by atoms with van der Waals surface area (Å²) >= 11 is 0. The van der Waals surface area contributed by atoms with Crippen LogP contribution in [0.3, 0.4) is 0 Å². The van der Waals surface area contributed by atoms with Crippen LogP contribution in [0, 0.1) is 0 Å². The molecule has 0 bridgehead atoms. The molecule has 0 nitrogen and oxygen atoms in total. The van der Waals surface area contributed by atoms with Crippen molar-refractivity contribution in [3.8, 4) is 0 Å². The maximum absolute atomic E-state index is 4.26. The van der Waals surface area contributed by atoms with Crippen LogP contribution in [0.4, 0.5) is 0 Å². The molecule has 0 saturated carbocycles. The Labute approximate surface area is 37.0 Å². The smallest absolute Gasteiger partial charge is 0.120 e. The fraction of sp³-hybridized carbons (Fsp3) is 1.00. The van der Waals surface area contributed by atoms with Crippen LogP contribution < -0.4 is 0 Å². The van der Waals surface area contributed by atoms with E-state index >= 15 is 0 Å². The van der Waals surface area contributed by atoms with Crippen LogP contribution in [0.25, 0.3) is 0 Å². The number of hydrogen-bond acceptors (Lipinski definition) is 0. The van der Waals surface area contributed by atoms with Gasteiger partial charge in [0.05, 0.1) is 0 Å². The van der Waals surface area contributed by atoms with E-state index in [1.54, 1.807) is 0 Å².